The van der Waals surface area contributed by atoms with Crippen LogP contribution in [-0.4, -0.2) is 18.2 Å². The molecule has 0 aromatic heterocycles. The summed E-state index contributed by atoms with van der Waals surface area (Å²) < 4.78 is 17.1. The number of hydrogen-bond acceptors (Lipinski definition) is 3. The third-order valence-corrected chi connectivity index (χ3v) is 1.64. The Morgan fingerprint density at radius 2 is 2.31 bits per heavy atom. The van der Waals surface area contributed by atoms with Gasteiger partial charge in [-0.1, -0.05) is 0 Å². The first-order valence-corrected chi connectivity index (χ1v) is 3.66. The molecule has 1 N–H and O–H groups in total. The van der Waals surface area contributed by atoms with Crippen molar-refractivity contribution in [1.29, 1.82) is 0 Å². The molecule has 1 rings (SSSR count). The summed E-state index contributed by atoms with van der Waals surface area (Å²) in [4.78, 5) is 11.0. The maximum atomic E-state index is 12.6. The third kappa shape index (κ3) is 2.03. The summed E-state index contributed by atoms with van der Waals surface area (Å²) in [6.07, 6.45) is 0. The molecule has 0 heterocycles. The number of rotatable bonds is 2. The van der Waals surface area contributed by atoms with Crippen LogP contribution >= 0.6 is 0 Å². The number of esters is 1. The van der Waals surface area contributed by atoms with E-state index in [1.54, 1.807) is 0 Å². The number of aliphatic hydroxyl groups excluding tert-OH is 1. The lowest BCUT2D eigenvalue weighted by Crippen LogP contribution is -2.06. The number of halogens is 1. The minimum absolute atomic E-state index is 0.186. The van der Waals surface area contributed by atoms with E-state index in [-0.39, 0.29) is 17.7 Å². The molecule has 0 aliphatic rings. The Bertz CT molecular complexity index is 323. The van der Waals surface area contributed by atoms with E-state index in [9.17, 15) is 9.18 Å². The summed E-state index contributed by atoms with van der Waals surface area (Å²) in [6, 6.07) is 3.53. The van der Waals surface area contributed by atoms with Crippen molar-refractivity contribution in [3.05, 3.63) is 35.1 Å². The van der Waals surface area contributed by atoms with Gasteiger partial charge in [-0.25, -0.2) is 9.18 Å². The van der Waals surface area contributed by atoms with Crippen LogP contribution in [-0.2, 0) is 11.3 Å². The highest BCUT2D eigenvalue weighted by Gasteiger charge is 2.11. The normalized spacial score (nSPS) is 9.77. The molecule has 0 saturated heterocycles. The lowest BCUT2D eigenvalue weighted by Gasteiger charge is -2.04. The minimum atomic E-state index is -0.580. The first-order chi connectivity index (χ1) is 6.19. The van der Waals surface area contributed by atoms with Gasteiger partial charge in [0.1, 0.15) is 5.82 Å². The highest BCUT2D eigenvalue weighted by molar-refractivity contribution is 5.90. The van der Waals surface area contributed by atoms with Crippen molar-refractivity contribution in [2.75, 3.05) is 7.11 Å². The van der Waals surface area contributed by atoms with Crippen LogP contribution in [0.4, 0.5) is 4.39 Å². The molecule has 0 radical (unpaired) electrons. The lowest BCUT2D eigenvalue weighted by atomic mass is 10.1. The Kier molecular flexibility index (Phi) is 2.97. The van der Waals surface area contributed by atoms with Gasteiger partial charge < -0.3 is 9.84 Å². The van der Waals surface area contributed by atoms with Crippen LogP contribution in [0.5, 0.6) is 0 Å². The Balaban J connectivity index is 3.13. The zero-order valence-corrected chi connectivity index (χ0v) is 7.08. The van der Waals surface area contributed by atoms with E-state index in [0.29, 0.717) is 0 Å². The Morgan fingerprint density at radius 1 is 1.62 bits per heavy atom. The highest BCUT2D eigenvalue weighted by atomic mass is 19.1. The molecular formula is C9H9FO3. The second-order valence-corrected chi connectivity index (χ2v) is 2.45. The molecule has 1 aromatic carbocycles. The van der Waals surface area contributed by atoms with Crippen molar-refractivity contribution in [2.24, 2.45) is 0 Å². The second kappa shape index (κ2) is 4.00. The molecule has 0 atom stereocenters. The van der Waals surface area contributed by atoms with Gasteiger partial charge in [-0.2, -0.15) is 0 Å². The average Bonchev–Trinajstić information content (AvgIpc) is 2.16. The zero-order valence-electron chi connectivity index (χ0n) is 7.08. The fraction of sp³-hybridized carbons (Fsp3) is 0.222. The standard InChI is InChI=1S/C9H9FO3/c1-13-9(12)8-3-2-7(10)4-6(8)5-11/h2-4,11H,5H2,1H3. The Labute approximate surface area is 74.8 Å². The van der Waals surface area contributed by atoms with Crippen LogP contribution in [0.3, 0.4) is 0 Å². The molecule has 0 saturated carbocycles. The summed E-state index contributed by atoms with van der Waals surface area (Å²) in [5.41, 5.74) is 0.415. The summed E-state index contributed by atoms with van der Waals surface area (Å²) in [5.74, 6) is -1.07. The van der Waals surface area contributed by atoms with Crippen LogP contribution in [0.1, 0.15) is 15.9 Å². The van der Waals surface area contributed by atoms with E-state index in [1.165, 1.54) is 13.2 Å². The topological polar surface area (TPSA) is 46.5 Å². The monoisotopic (exact) mass is 184 g/mol. The maximum Gasteiger partial charge on any atom is 0.338 e. The van der Waals surface area contributed by atoms with Crippen LogP contribution in [0.2, 0.25) is 0 Å². The van der Waals surface area contributed by atoms with Gasteiger partial charge in [-0.15, -0.1) is 0 Å². The van der Waals surface area contributed by atoms with Crippen molar-refractivity contribution in [3.63, 3.8) is 0 Å². The second-order valence-electron chi connectivity index (χ2n) is 2.45. The van der Waals surface area contributed by atoms with Crippen molar-refractivity contribution in [1.82, 2.24) is 0 Å². The van der Waals surface area contributed by atoms with E-state index >= 15 is 0 Å². The number of carbonyl (C=O) groups excluding carboxylic acids is 1. The number of carbonyl (C=O) groups is 1. The van der Waals surface area contributed by atoms with Gasteiger partial charge in [0.25, 0.3) is 0 Å². The lowest BCUT2D eigenvalue weighted by molar-refractivity contribution is 0.0597. The summed E-state index contributed by atoms with van der Waals surface area (Å²) in [6.45, 7) is -0.387. The number of hydrogen-bond donors (Lipinski definition) is 1. The molecule has 3 nitrogen and oxygen atoms in total. The Hall–Kier alpha value is -1.42. The van der Waals surface area contributed by atoms with Crippen LogP contribution in [0.15, 0.2) is 18.2 Å². The Morgan fingerprint density at radius 3 is 2.85 bits per heavy atom. The molecule has 0 fully saturated rings. The van der Waals surface area contributed by atoms with Crippen LogP contribution < -0.4 is 0 Å². The summed E-state index contributed by atoms with van der Waals surface area (Å²) >= 11 is 0. The quantitative estimate of drug-likeness (QED) is 0.700. The number of methoxy groups -OCH3 is 1. The fourth-order valence-electron chi connectivity index (χ4n) is 1.00. The molecular weight excluding hydrogens is 175 g/mol. The number of benzene rings is 1. The van der Waals surface area contributed by atoms with Gasteiger partial charge >= 0.3 is 5.97 Å². The molecule has 0 bridgehead atoms. The summed E-state index contributed by atoms with van der Waals surface area (Å²) in [5, 5.41) is 8.81. The number of ether oxygens (including phenoxy) is 1. The van der Waals surface area contributed by atoms with Gasteiger partial charge in [0.2, 0.25) is 0 Å². The first-order valence-electron chi connectivity index (χ1n) is 3.66. The molecule has 0 aliphatic carbocycles. The van der Waals surface area contributed by atoms with E-state index in [4.69, 9.17) is 5.11 Å². The predicted molar refractivity (Wildman–Crippen MR) is 43.7 cm³/mol. The minimum Gasteiger partial charge on any atom is -0.465 e. The molecule has 0 spiro atoms. The third-order valence-electron chi connectivity index (χ3n) is 1.64. The van der Waals surface area contributed by atoms with Gasteiger partial charge in [0, 0.05) is 0 Å². The van der Waals surface area contributed by atoms with Crippen molar-refractivity contribution in [3.8, 4) is 0 Å². The molecule has 0 unspecified atom stereocenters. The predicted octanol–water partition coefficient (Wildman–Crippen LogP) is 1.10. The van der Waals surface area contributed by atoms with Crippen LogP contribution in [0.25, 0.3) is 0 Å². The molecule has 0 amide bonds. The van der Waals surface area contributed by atoms with Crippen molar-refractivity contribution in [2.45, 2.75) is 6.61 Å². The first kappa shape index (κ1) is 9.67. The molecule has 1 aromatic rings. The zero-order chi connectivity index (χ0) is 9.84. The van der Waals surface area contributed by atoms with Gasteiger partial charge in [-0.05, 0) is 23.8 Å². The van der Waals surface area contributed by atoms with Crippen molar-refractivity contribution >= 4 is 5.97 Å². The van der Waals surface area contributed by atoms with Gasteiger partial charge in [-0.3, -0.25) is 0 Å². The van der Waals surface area contributed by atoms with Gasteiger partial charge in [0.05, 0.1) is 19.3 Å². The average molecular weight is 184 g/mol. The highest BCUT2D eigenvalue weighted by Crippen LogP contribution is 2.12. The van der Waals surface area contributed by atoms with Crippen molar-refractivity contribution < 1.29 is 19.0 Å². The molecule has 13 heavy (non-hydrogen) atoms. The maximum absolute atomic E-state index is 12.6. The van der Waals surface area contributed by atoms with E-state index in [2.05, 4.69) is 4.74 Å². The van der Waals surface area contributed by atoms with Gasteiger partial charge in [0.15, 0.2) is 0 Å². The fourth-order valence-corrected chi connectivity index (χ4v) is 1.00. The SMILES string of the molecule is COC(=O)c1ccc(F)cc1CO. The largest absolute Gasteiger partial charge is 0.465 e. The molecule has 70 valence electrons. The molecule has 4 heteroatoms. The van der Waals surface area contributed by atoms with Crippen LogP contribution in [0, 0.1) is 5.82 Å². The van der Waals surface area contributed by atoms with E-state index in [1.807, 2.05) is 0 Å². The summed E-state index contributed by atoms with van der Waals surface area (Å²) in [7, 11) is 1.23. The van der Waals surface area contributed by atoms with E-state index in [0.717, 1.165) is 12.1 Å². The number of aliphatic hydroxyl groups is 1. The smallest absolute Gasteiger partial charge is 0.338 e. The van der Waals surface area contributed by atoms with E-state index < -0.39 is 11.8 Å². The molecule has 0 aliphatic heterocycles.